The zero-order chi connectivity index (χ0) is 10.6. The highest BCUT2D eigenvalue weighted by molar-refractivity contribution is 5.75. The molecule has 0 bridgehead atoms. The predicted molar refractivity (Wildman–Crippen MR) is 48.4 cm³/mol. The van der Waals surface area contributed by atoms with E-state index in [1.165, 1.54) is 0 Å². The minimum Gasteiger partial charge on any atom is -0.464 e. The molecule has 3 N–H and O–H groups in total. The third-order valence-electron chi connectivity index (χ3n) is 1.77. The van der Waals surface area contributed by atoms with Crippen molar-refractivity contribution in [3.63, 3.8) is 0 Å². The fraction of sp³-hybridized carbons (Fsp3) is 0.444. The quantitative estimate of drug-likeness (QED) is 0.595. The summed E-state index contributed by atoms with van der Waals surface area (Å²) in [6, 6.07) is 3.24. The number of ether oxygens (including phenoxy) is 1. The number of aromatic amines is 1. The van der Waals surface area contributed by atoms with Gasteiger partial charge in [0.05, 0.1) is 6.61 Å². The van der Waals surface area contributed by atoms with E-state index >= 15 is 0 Å². The molecular weight excluding hydrogens is 186 g/mol. The second-order valence-electron chi connectivity index (χ2n) is 2.77. The summed E-state index contributed by atoms with van der Waals surface area (Å²) >= 11 is 0. The van der Waals surface area contributed by atoms with Crippen LogP contribution in [0.5, 0.6) is 0 Å². The predicted octanol–water partition coefficient (Wildman–Crippen LogP) is -0.0279. The van der Waals surface area contributed by atoms with Crippen molar-refractivity contribution >= 4 is 5.97 Å². The van der Waals surface area contributed by atoms with Gasteiger partial charge in [0.1, 0.15) is 6.10 Å². The van der Waals surface area contributed by atoms with Crippen molar-refractivity contribution in [1.29, 1.82) is 0 Å². The summed E-state index contributed by atoms with van der Waals surface area (Å²) in [5.74, 6) is -0.824. The standard InChI is InChI=1S/C9H13NO4/c1-2-14-9(13)8(12)7(11)6-4-3-5-10-6/h3-5,7-8,10-12H,2H2,1H3/t7-,8+/m1/s1. The monoisotopic (exact) mass is 199 g/mol. The molecule has 1 aromatic rings. The van der Waals surface area contributed by atoms with Gasteiger partial charge in [0.2, 0.25) is 0 Å². The maximum atomic E-state index is 11.0. The molecule has 0 saturated carbocycles. The molecule has 5 nitrogen and oxygen atoms in total. The Balaban J connectivity index is 2.61. The lowest BCUT2D eigenvalue weighted by Gasteiger charge is -2.14. The summed E-state index contributed by atoms with van der Waals surface area (Å²) < 4.78 is 4.56. The van der Waals surface area contributed by atoms with Gasteiger partial charge in [0, 0.05) is 11.9 Å². The number of esters is 1. The fourth-order valence-corrected chi connectivity index (χ4v) is 1.05. The number of hydrogen-bond acceptors (Lipinski definition) is 4. The van der Waals surface area contributed by atoms with Gasteiger partial charge in [-0.3, -0.25) is 0 Å². The molecule has 1 heterocycles. The Bertz CT molecular complexity index is 283. The zero-order valence-corrected chi connectivity index (χ0v) is 7.80. The Kier molecular flexibility index (Phi) is 3.67. The van der Waals surface area contributed by atoms with Crippen LogP contribution < -0.4 is 0 Å². The molecule has 14 heavy (non-hydrogen) atoms. The van der Waals surface area contributed by atoms with Gasteiger partial charge in [-0.25, -0.2) is 4.79 Å². The molecule has 0 fully saturated rings. The number of aromatic nitrogens is 1. The molecule has 0 aliphatic rings. The van der Waals surface area contributed by atoms with Crippen LogP contribution in [-0.2, 0) is 9.53 Å². The van der Waals surface area contributed by atoms with Gasteiger partial charge in [0.25, 0.3) is 0 Å². The Morgan fingerprint density at radius 3 is 2.86 bits per heavy atom. The van der Waals surface area contributed by atoms with E-state index in [2.05, 4.69) is 9.72 Å². The van der Waals surface area contributed by atoms with Crippen LogP contribution in [0.2, 0.25) is 0 Å². The minimum atomic E-state index is -1.55. The van der Waals surface area contributed by atoms with Crippen molar-refractivity contribution in [2.45, 2.75) is 19.1 Å². The molecule has 0 aromatic carbocycles. The number of rotatable bonds is 4. The normalized spacial score (nSPS) is 14.8. The number of aliphatic hydroxyl groups excluding tert-OH is 2. The fourth-order valence-electron chi connectivity index (χ4n) is 1.05. The first kappa shape index (κ1) is 10.7. The van der Waals surface area contributed by atoms with Crippen molar-refractivity contribution in [3.05, 3.63) is 24.0 Å². The van der Waals surface area contributed by atoms with Gasteiger partial charge in [-0.05, 0) is 19.1 Å². The third kappa shape index (κ3) is 2.34. The molecule has 0 spiro atoms. The van der Waals surface area contributed by atoms with Gasteiger partial charge < -0.3 is 19.9 Å². The number of carbonyl (C=O) groups excluding carboxylic acids is 1. The molecule has 0 radical (unpaired) electrons. The van der Waals surface area contributed by atoms with Gasteiger partial charge in [-0.15, -0.1) is 0 Å². The molecule has 2 atom stereocenters. The summed E-state index contributed by atoms with van der Waals surface area (Å²) in [7, 11) is 0. The molecule has 0 aliphatic heterocycles. The van der Waals surface area contributed by atoms with Crippen LogP contribution >= 0.6 is 0 Å². The molecule has 0 aliphatic carbocycles. The van der Waals surface area contributed by atoms with E-state index in [1.807, 2.05) is 0 Å². The first-order valence-corrected chi connectivity index (χ1v) is 4.33. The number of carbonyl (C=O) groups is 1. The highest BCUT2D eigenvalue weighted by Crippen LogP contribution is 2.15. The SMILES string of the molecule is CCOC(=O)[C@@H](O)[C@H](O)c1ccc[nH]1. The zero-order valence-electron chi connectivity index (χ0n) is 7.80. The number of hydrogen-bond donors (Lipinski definition) is 3. The van der Waals surface area contributed by atoms with Crippen LogP contribution in [0, 0.1) is 0 Å². The highest BCUT2D eigenvalue weighted by Gasteiger charge is 2.27. The number of H-pyrrole nitrogens is 1. The summed E-state index contributed by atoms with van der Waals surface area (Å²) in [4.78, 5) is 13.7. The first-order valence-electron chi connectivity index (χ1n) is 4.33. The van der Waals surface area contributed by atoms with Crippen molar-refractivity contribution in [3.8, 4) is 0 Å². The van der Waals surface area contributed by atoms with E-state index in [0.29, 0.717) is 5.69 Å². The lowest BCUT2D eigenvalue weighted by molar-refractivity contribution is -0.159. The first-order chi connectivity index (χ1) is 6.66. The molecule has 1 rings (SSSR count). The molecule has 0 saturated heterocycles. The van der Waals surface area contributed by atoms with Crippen LogP contribution in [0.15, 0.2) is 18.3 Å². The summed E-state index contributed by atoms with van der Waals surface area (Å²) in [6.45, 7) is 1.80. The Labute approximate surface area is 81.3 Å². The van der Waals surface area contributed by atoms with Gasteiger partial charge in [0.15, 0.2) is 6.10 Å². The highest BCUT2D eigenvalue weighted by atomic mass is 16.5. The van der Waals surface area contributed by atoms with Crippen molar-refractivity contribution < 1.29 is 19.7 Å². The van der Waals surface area contributed by atoms with Crippen molar-refractivity contribution in [1.82, 2.24) is 4.98 Å². The van der Waals surface area contributed by atoms with Gasteiger partial charge in [-0.1, -0.05) is 0 Å². The average molecular weight is 199 g/mol. The maximum Gasteiger partial charge on any atom is 0.338 e. The number of nitrogens with one attached hydrogen (secondary N) is 1. The minimum absolute atomic E-state index is 0.174. The molecule has 0 unspecified atom stereocenters. The average Bonchev–Trinajstić information content (AvgIpc) is 2.68. The largest absolute Gasteiger partial charge is 0.464 e. The Morgan fingerprint density at radius 1 is 1.64 bits per heavy atom. The van der Waals surface area contributed by atoms with E-state index in [1.54, 1.807) is 25.3 Å². The lowest BCUT2D eigenvalue weighted by Crippen LogP contribution is -2.30. The molecule has 1 aromatic heterocycles. The second kappa shape index (κ2) is 4.78. The van der Waals surface area contributed by atoms with Gasteiger partial charge >= 0.3 is 5.97 Å². The molecular formula is C9H13NO4. The Morgan fingerprint density at radius 2 is 2.36 bits per heavy atom. The van der Waals surface area contributed by atoms with E-state index in [0.717, 1.165) is 0 Å². The van der Waals surface area contributed by atoms with Crippen molar-refractivity contribution in [2.24, 2.45) is 0 Å². The van der Waals surface area contributed by atoms with Crippen LogP contribution in [0.3, 0.4) is 0 Å². The Hall–Kier alpha value is -1.33. The lowest BCUT2D eigenvalue weighted by atomic mass is 10.1. The maximum absolute atomic E-state index is 11.0. The van der Waals surface area contributed by atoms with E-state index in [9.17, 15) is 15.0 Å². The van der Waals surface area contributed by atoms with Crippen LogP contribution in [-0.4, -0.2) is 33.9 Å². The topological polar surface area (TPSA) is 82.6 Å². The summed E-state index contributed by atoms with van der Waals surface area (Å²) in [5, 5.41) is 18.8. The van der Waals surface area contributed by atoms with Gasteiger partial charge in [-0.2, -0.15) is 0 Å². The second-order valence-corrected chi connectivity index (χ2v) is 2.77. The van der Waals surface area contributed by atoms with Crippen LogP contribution in [0.4, 0.5) is 0 Å². The molecule has 78 valence electrons. The van der Waals surface area contributed by atoms with E-state index < -0.39 is 18.2 Å². The van der Waals surface area contributed by atoms with Crippen molar-refractivity contribution in [2.75, 3.05) is 6.61 Å². The van der Waals surface area contributed by atoms with Crippen LogP contribution in [0.25, 0.3) is 0 Å². The smallest absolute Gasteiger partial charge is 0.338 e. The van der Waals surface area contributed by atoms with E-state index in [-0.39, 0.29) is 6.61 Å². The summed E-state index contributed by atoms with van der Waals surface area (Å²) in [5.41, 5.74) is 0.380. The van der Waals surface area contributed by atoms with Crippen LogP contribution in [0.1, 0.15) is 18.7 Å². The van der Waals surface area contributed by atoms with E-state index in [4.69, 9.17) is 0 Å². The third-order valence-corrected chi connectivity index (χ3v) is 1.77. The molecule has 5 heteroatoms. The number of aliphatic hydroxyl groups is 2. The summed E-state index contributed by atoms with van der Waals surface area (Å²) in [6.07, 6.45) is -1.23. The molecule has 0 amide bonds.